The van der Waals surface area contributed by atoms with Crippen molar-refractivity contribution in [2.24, 2.45) is 11.8 Å². The van der Waals surface area contributed by atoms with Gasteiger partial charge in [0.15, 0.2) is 5.13 Å². The Kier molecular flexibility index (Phi) is 4.51. The standard InChI is InChI=1S/C15H27N3S/c1-11-6-12(2)10-18(9-11)14-16-7-13(19-14)8-17-15(3,4)5/h7,11-12,17H,6,8-10H2,1-5H3. The summed E-state index contributed by atoms with van der Waals surface area (Å²) in [4.78, 5) is 8.41. The van der Waals surface area contributed by atoms with Crippen LogP contribution in [0.2, 0.25) is 0 Å². The largest absolute Gasteiger partial charge is 0.348 e. The van der Waals surface area contributed by atoms with Crippen LogP contribution in [-0.4, -0.2) is 23.6 Å². The molecule has 2 heterocycles. The number of thiazole rings is 1. The van der Waals surface area contributed by atoms with Crippen LogP contribution in [0.5, 0.6) is 0 Å². The lowest BCUT2D eigenvalue weighted by Crippen LogP contribution is -2.38. The summed E-state index contributed by atoms with van der Waals surface area (Å²) in [5.41, 5.74) is 0.165. The second kappa shape index (κ2) is 5.80. The van der Waals surface area contributed by atoms with Gasteiger partial charge in [-0.15, -0.1) is 11.3 Å². The molecule has 1 aliphatic heterocycles. The molecule has 0 amide bonds. The van der Waals surface area contributed by atoms with Crippen molar-refractivity contribution >= 4 is 16.5 Å². The highest BCUT2D eigenvalue weighted by atomic mass is 32.1. The fourth-order valence-electron chi connectivity index (χ4n) is 2.70. The van der Waals surface area contributed by atoms with Crippen molar-refractivity contribution in [3.05, 3.63) is 11.1 Å². The summed E-state index contributed by atoms with van der Waals surface area (Å²) in [7, 11) is 0. The number of nitrogens with one attached hydrogen (secondary N) is 1. The maximum Gasteiger partial charge on any atom is 0.185 e. The van der Waals surface area contributed by atoms with Crippen molar-refractivity contribution in [2.45, 2.75) is 53.1 Å². The molecule has 1 aliphatic rings. The van der Waals surface area contributed by atoms with Gasteiger partial charge in [-0.1, -0.05) is 13.8 Å². The van der Waals surface area contributed by atoms with Crippen LogP contribution >= 0.6 is 11.3 Å². The molecule has 1 saturated heterocycles. The molecule has 3 nitrogen and oxygen atoms in total. The Morgan fingerprint density at radius 1 is 1.32 bits per heavy atom. The zero-order valence-corrected chi connectivity index (χ0v) is 13.7. The molecule has 0 aliphatic carbocycles. The van der Waals surface area contributed by atoms with Gasteiger partial charge in [-0.05, 0) is 39.0 Å². The highest BCUT2D eigenvalue weighted by Crippen LogP contribution is 2.29. The van der Waals surface area contributed by atoms with E-state index < -0.39 is 0 Å². The van der Waals surface area contributed by atoms with Crippen molar-refractivity contribution in [3.8, 4) is 0 Å². The van der Waals surface area contributed by atoms with Crippen LogP contribution in [0.4, 0.5) is 5.13 Å². The van der Waals surface area contributed by atoms with Gasteiger partial charge in [0.2, 0.25) is 0 Å². The maximum atomic E-state index is 4.61. The number of nitrogens with zero attached hydrogens (tertiary/aromatic N) is 2. The summed E-state index contributed by atoms with van der Waals surface area (Å²) in [6.07, 6.45) is 3.38. The first kappa shape index (κ1) is 14.8. The van der Waals surface area contributed by atoms with Crippen LogP contribution in [-0.2, 0) is 6.54 Å². The van der Waals surface area contributed by atoms with E-state index in [0.29, 0.717) is 0 Å². The summed E-state index contributed by atoms with van der Waals surface area (Å²) in [5, 5.41) is 4.72. The van der Waals surface area contributed by atoms with Crippen molar-refractivity contribution in [1.29, 1.82) is 0 Å². The molecule has 0 spiro atoms. The van der Waals surface area contributed by atoms with Crippen molar-refractivity contribution in [2.75, 3.05) is 18.0 Å². The van der Waals surface area contributed by atoms with Crippen LogP contribution in [0.1, 0.15) is 45.9 Å². The summed E-state index contributed by atoms with van der Waals surface area (Å²) < 4.78 is 0. The fraction of sp³-hybridized carbons (Fsp3) is 0.800. The summed E-state index contributed by atoms with van der Waals surface area (Å²) >= 11 is 1.84. The first-order chi connectivity index (χ1) is 8.83. The van der Waals surface area contributed by atoms with Gasteiger partial charge in [-0.2, -0.15) is 0 Å². The van der Waals surface area contributed by atoms with E-state index in [4.69, 9.17) is 0 Å². The van der Waals surface area contributed by atoms with E-state index >= 15 is 0 Å². The lowest BCUT2D eigenvalue weighted by Gasteiger charge is -2.34. The number of hydrogen-bond donors (Lipinski definition) is 1. The SMILES string of the molecule is CC1CC(C)CN(c2ncc(CNC(C)(C)C)s2)C1. The van der Waals surface area contributed by atoms with Crippen LogP contribution in [0, 0.1) is 11.8 Å². The highest BCUT2D eigenvalue weighted by molar-refractivity contribution is 7.15. The Balaban J connectivity index is 1.96. The Morgan fingerprint density at radius 3 is 2.53 bits per heavy atom. The molecular weight excluding hydrogens is 254 g/mol. The van der Waals surface area contributed by atoms with E-state index in [1.807, 2.05) is 17.5 Å². The quantitative estimate of drug-likeness (QED) is 0.919. The smallest absolute Gasteiger partial charge is 0.185 e. The van der Waals surface area contributed by atoms with E-state index in [2.05, 4.69) is 49.8 Å². The number of hydrogen-bond acceptors (Lipinski definition) is 4. The molecule has 1 aromatic heterocycles. The van der Waals surface area contributed by atoms with E-state index in [0.717, 1.165) is 31.5 Å². The first-order valence-electron chi connectivity index (χ1n) is 7.28. The van der Waals surface area contributed by atoms with E-state index in [-0.39, 0.29) is 5.54 Å². The molecule has 0 saturated carbocycles. The van der Waals surface area contributed by atoms with Crippen LogP contribution < -0.4 is 10.2 Å². The predicted molar refractivity (Wildman–Crippen MR) is 83.9 cm³/mol. The van der Waals surface area contributed by atoms with Crippen LogP contribution in [0.25, 0.3) is 0 Å². The number of anilines is 1. The van der Waals surface area contributed by atoms with E-state index in [9.17, 15) is 0 Å². The zero-order valence-electron chi connectivity index (χ0n) is 12.9. The van der Waals surface area contributed by atoms with Gasteiger partial charge in [-0.3, -0.25) is 0 Å². The van der Waals surface area contributed by atoms with Crippen LogP contribution in [0.15, 0.2) is 6.20 Å². The number of piperidine rings is 1. The van der Waals surface area contributed by atoms with Gasteiger partial charge < -0.3 is 10.2 Å². The average molecular weight is 281 g/mol. The third-order valence-electron chi connectivity index (χ3n) is 3.47. The normalized spacial score (nSPS) is 24.8. The fourth-order valence-corrected chi connectivity index (χ4v) is 3.56. The maximum absolute atomic E-state index is 4.61. The molecule has 1 fully saturated rings. The van der Waals surface area contributed by atoms with Crippen molar-refractivity contribution < 1.29 is 0 Å². The molecule has 2 unspecified atom stereocenters. The van der Waals surface area contributed by atoms with E-state index in [1.54, 1.807) is 0 Å². The first-order valence-corrected chi connectivity index (χ1v) is 8.10. The monoisotopic (exact) mass is 281 g/mol. The minimum absolute atomic E-state index is 0.165. The molecule has 2 rings (SSSR count). The van der Waals surface area contributed by atoms with Gasteiger partial charge in [-0.25, -0.2) is 4.98 Å². The Bertz CT molecular complexity index is 398. The molecule has 1 aromatic rings. The summed E-state index contributed by atoms with van der Waals surface area (Å²) in [6.45, 7) is 14.5. The Hall–Kier alpha value is -0.610. The predicted octanol–water partition coefficient (Wildman–Crippen LogP) is 3.51. The summed E-state index contributed by atoms with van der Waals surface area (Å²) in [5.74, 6) is 1.56. The van der Waals surface area contributed by atoms with Gasteiger partial charge in [0.25, 0.3) is 0 Å². The molecule has 2 atom stereocenters. The molecule has 0 aromatic carbocycles. The van der Waals surface area contributed by atoms with Gasteiger partial charge in [0.05, 0.1) is 0 Å². The van der Waals surface area contributed by atoms with Crippen molar-refractivity contribution in [1.82, 2.24) is 10.3 Å². The minimum atomic E-state index is 0.165. The average Bonchev–Trinajstić information content (AvgIpc) is 2.72. The lowest BCUT2D eigenvalue weighted by molar-refractivity contribution is 0.356. The number of aromatic nitrogens is 1. The molecule has 108 valence electrons. The van der Waals surface area contributed by atoms with Gasteiger partial charge in [0.1, 0.15) is 0 Å². The summed E-state index contributed by atoms with van der Waals surface area (Å²) in [6, 6.07) is 0. The van der Waals surface area contributed by atoms with Gasteiger partial charge in [0, 0.05) is 36.2 Å². The Morgan fingerprint density at radius 2 is 1.95 bits per heavy atom. The highest BCUT2D eigenvalue weighted by Gasteiger charge is 2.23. The van der Waals surface area contributed by atoms with Crippen molar-refractivity contribution in [3.63, 3.8) is 0 Å². The molecular formula is C15H27N3S. The van der Waals surface area contributed by atoms with E-state index in [1.165, 1.54) is 16.4 Å². The second-order valence-corrected chi connectivity index (χ2v) is 8.16. The third-order valence-corrected chi connectivity index (χ3v) is 4.53. The molecule has 0 bridgehead atoms. The molecule has 1 N–H and O–H groups in total. The lowest BCUT2D eigenvalue weighted by atomic mass is 9.92. The molecule has 19 heavy (non-hydrogen) atoms. The topological polar surface area (TPSA) is 28.2 Å². The zero-order chi connectivity index (χ0) is 14.0. The number of rotatable bonds is 3. The van der Waals surface area contributed by atoms with Crippen LogP contribution in [0.3, 0.4) is 0 Å². The Labute approximate surface area is 121 Å². The molecule has 4 heteroatoms. The van der Waals surface area contributed by atoms with Gasteiger partial charge >= 0.3 is 0 Å². The third kappa shape index (κ3) is 4.46. The molecule has 0 radical (unpaired) electrons. The minimum Gasteiger partial charge on any atom is -0.348 e. The second-order valence-electron chi connectivity index (χ2n) is 7.06.